The van der Waals surface area contributed by atoms with Crippen molar-refractivity contribution in [1.29, 1.82) is 0 Å². The Balaban J connectivity index is 0.00000627. The van der Waals surface area contributed by atoms with Crippen LogP contribution in [0, 0.1) is 11.2 Å². The van der Waals surface area contributed by atoms with E-state index in [9.17, 15) is 14.0 Å². The maximum absolute atomic E-state index is 14.3. The average molecular weight is 767 g/mol. The van der Waals surface area contributed by atoms with E-state index in [0.717, 1.165) is 32.4 Å². The number of halogens is 3. The minimum Gasteiger partial charge on any atom is -0.492 e. The molecule has 284 valence electrons. The Morgan fingerprint density at radius 1 is 0.943 bits per heavy atom. The largest absolute Gasteiger partial charge is 0.492 e. The third-order valence-corrected chi connectivity index (χ3v) is 8.99. The zero-order valence-corrected chi connectivity index (χ0v) is 32.4. The van der Waals surface area contributed by atoms with Crippen LogP contribution >= 0.6 is 24.0 Å². The van der Waals surface area contributed by atoms with Gasteiger partial charge in [-0.2, -0.15) is 0 Å². The number of carbonyl (C=O) groups is 2. The van der Waals surface area contributed by atoms with E-state index < -0.39 is 23.9 Å². The molecule has 0 saturated heterocycles. The number of fused-ring (bicyclic) bond motifs is 1. The van der Waals surface area contributed by atoms with Gasteiger partial charge in [0.25, 0.3) is 5.91 Å². The number of nitrogens with zero attached hydrogens (tertiary/aromatic N) is 1. The average Bonchev–Trinajstić information content (AvgIpc) is 3.22. The molecule has 53 heavy (non-hydrogen) atoms. The van der Waals surface area contributed by atoms with Crippen LogP contribution in [0.3, 0.4) is 0 Å². The Labute approximate surface area is 323 Å². The molecule has 2 N–H and O–H groups in total. The minimum atomic E-state index is -1.17. The van der Waals surface area contributed by atoms with Gasteiger partial charge in [-0.1, -0.05) is 93.0 Å². The van der Waals surface area contributed by atoms with Crippen LogP contribution in [0.1, 0.15) is 68.4 Å². The summed E-state index contributed by atoms with van der Waals surface area (Å²) in [6, 6.07) is 27.6. The molecule has 0 saturated carbocycles. The van der Waals surface area contributed by atoms with Crippen molar-refractivity contribution >= 4 is 41.5 Å². The van der Waals surface area contributed by atoms with E-state index >= 15 is 0 Å². The van der Waals surface area contributed by atoms with Gasteiger partial charge in [-0.05, 0) is 73.7 Å². The van der Waals surface area contributed by atoms with Crippen molar-refractivity contribution < 1.29 is 28.2 Å². The van der Waals surface area contributed by atoms with Gasteiger partial charge < -0.3 is 29.7 Å². The van der Waals surface area contributed by atoms with Gasteiger partial charge in [0.15, 0.2) is 11.5 Å². The second-order valence-electron chi connectivity index (χ2n) is 14.2. The standard InChI is InChI=1S/C42H49ClFN3O5.ClH/c1-42(2,3)28-47-35-21-20-31(43)25-33(35)39(52-37(41(47)49)26-38(48)46-27-30-16-8-9-18-34(30)44)32-17-10-19-36(40(32)50-4)51-24-12-23-45-22-11-15-29-13-6-5-7-14-29;/h5-10,13-14,16-21,25,37,39,45H,11-12,15,22-24,26-28H2,1-4H3,(H,46,48);1H. The third-order valence-electron chi connectivity index (χ3n) is 8.75. The monoisotopic (exact) mass is 765 g/mol. The van der Waals surface area contributed by atoms with Crippen molar-refractivity contribution in [3.8, 4) is 11.5 Å². The first-order chi connectivity index (χ1) is 25.0. The number of ether oxygens (including phenoxy) is 3. The van der Waals surface area contributed by atoms with Gasteiger partial charge in [0, 0.05) is 40.5 Å². The van der Waals surface area contributed by atoms with E-state index in [1.165, 1.54) is 11.6 Å². The SMILES string of the molecule is COc1c(OCCCNCCCc2ccccc2)cccc1C1OC(CC(=O)NCc2ccccc2F)C(=O)N(CC(C)(C)C)c2ccc(Cl)cc21.Cl. The summed E-state index contributed by atoms with van der Waals surface area (Å²) in [5, 5.41) is 6.72. The number of hydrogen-bond acceptors (Lipinski definition) is 6. The fraction of sp³-hybridized carbons (Fsp3) is 0.381. The van der Waals surface area contributed by atoms with Gasteiger partial charge in [0.2, 0.25) is 5.91 Å². The normalized spacial score (nSPS) is 15.6. The highest BCUT2D eigenvalue weighted by Gasteiger charge is 2.40. The van der Waals surface area contributed by atoms with Crippen molar-refractivity contribution in [2.75, 3.05) is 38.3 Å². The number of hydrogen-bond donors (Lipinski definition) is 2. The molecular weight excluding hydrogens is 716 g/mol. The van der Waals surface area contributed by atoms with Gasteiger partial charge in [0.05, 0.1) is 20.1 Å². The highest BCUT2D eigenvalue weighted by atomic mass is 35.5. The molecule has 0 aliphatic carbocycles. The quantitative estimate of drug-likeness (QED) is 0.111. The van der Waals surface area contributed by atoms with Crippen molar-refractivity contribution in [3.63, 3.8) is 0 Å². The first-order valence-electron chi connectivity index (χ1n) is 17.8. The zero-order chi connectivity index (χ0) is 37.1. The Morgan fingerprint density at radius 3 is 2.42 bits per heavy atom. The number of nitrogens with one attached hydrogen (secondary N) is 2. The number of para-hydroxylation sites is 1. The lowest BCUT2D eigenvalue weighted by Gasteiger charge is -2.31. The number of aryl methyl sites for hydroxylation is 1. The minimum absolute atomic E-state index is 0. The predicted molar refractivity (Wildman–Crippen MR) is 211 cm³/mol. The highest BCUT2D eigenvalue weighted by molar-refractivity contribution is 6.30. The molecule has 5 rings (SSSR count). The van der Waals surface area contributed by atoms with Crippen molar-refractivity contribution in [2.45, 2.75) is 65.2 Å². The van der Waals surface area contributed by atoms with Crippen LogP contribution in [0.5, 0.6) is 11.5 Å². The van der Waals surface area contributed by atoms with Crippen LogP contribution in [0.2, 0.25) is 5.02 Å². The van der Waals surface area contributed by atoms with Crippen molar-refractivity contribution in [1.82, 2.24) is 10.6 Å². The van der Waals surface area contributed by atoms with Crippen LogP contribution < -0.4 is 25.0 Å². The van der Waals surface area contributed by atoms with Crippen LogP contribution in [-0.2, 0) is 27.3 Å². The summed E-state index contributed by atoms with van der Waals surface area (Å²) in [5.74, 6) is -0.216. The fourth-order valence-corrected chi connectivity index (χ4v) is 6.48. The lowest BCUT2D eigenvalue weighted by Crippen LogP contribution is -2.45. The van der Waals surface area contributed by atoms with E-state index in [1.54, 1.807) is 42.3 Å². The molecular formula is C42H50Cl2FN3O5. The van der Waals surface area contributed by atoms with Crippen LogP contribution in [0.4, 0.5) is 10.1 Å². The van der Waals surface area contributed by atoms with Gasteiger partial charge in [-0.3, -0.25) is 9.59 Å². The van der Waals surface area contributed by atoms with Gasteiger partial charge >= 0.3 is 0 Å². The predicted octanol–water partition coefficient (Wildman–Crippen LogP) is 8.47. The fourth-order valence-electron chi connectivity index (χ4n) is 6.30. The van der Waals surface area contributed by atoms with E-state index in [2.05, 4.69) is 34.9 Å². The molecule has 8 nitrogen and oxygen atoms in total. The number of amides is 2. The molecule has 1 aliphatic rings. The molecule has 0 aromatic heterocycles. The molecule has 2 atom stereocenters. The summed E-state index contributed by atoms with van der Waals surface area (Å²) in [6.45, 7) is 8.65. The number of carbonyl (C=O) groups excluding carboxylic acids is 2. The summed E-state index contributed by atoms with van der Waals surface area (Å²) in [4.78, 5) is 29.4. The van der Waals surface area contributed by atoms with E-state index in [1.807, 2.05) is 51.1 Å². The van der Waals surface area contributed by atoms with E-state index in [-0.39, 0.29) is 36.7 Å². The van der Waals surface area contributed by atoms with Crippen LogP contribution in [0.25, 0.3) is 0 Å². The molecule has 1 aliphatic heterocycles. The Kier molecular flexibility index (Phi) is 15.5. The summed E-state index contributed by atoms with van der Waals surface area (Å²) < 4.78 is 33.1. The smallest absolute Gasteiger partial charge is 0.256 e. The Hall–Kier alpha value is -4.15. The molecule has 4 aromatic carbocycles. The highest BCUT2D eigenvalue weighted by Crippen LogP contribution is 2.45. The summed E-state index contributed by atoms with van der Waals surface area (Å²) >= 11 is 6.58. The van der Waals surface area contributed by atoms with Crippen molar-refractivity contribution in [3.05, 3.63) is 124 Å². The zero-order valence-electron chi connectivity index (χ0n) is 30.8. The second kappa shape index (κ2) is 19.8. The molecule has 0 radical (unpaired) electrons. The second-order valence-corrected chi connectivity index (χ2v) is 14.6. The first kappa shape index (κ1) is 41.6. The molecule has 2 amide bonds. The number of methoxy groups -OCH3 is 1. The topological polar surface area (TPSA) is 89.1 Å². The molecule has 2 unspecified atom stereocenters. The Morgan fingerprint density at radius 2 is 1.68 bits per heavy atom. The summed E-state index contributed by atoms with van der Waals surface area (Å²) in [7, 11) is 1.57. The maximum Gasteiger partial charge on any atom is 0.256 e. The number of anilines is 1. The van der Waals surface area contributed by atoms with Crippen LogP contribution in [0.15, 0.2) is 91.0 Å². The van der Waals surface area contributed by atoms with Crippen molar-refractivity contribution in [2.24, 2.45) is 5.41 Å². The maximum atomic E-state index is 14.3. The van der Waals surface area contributed by atoms with Crippen LogP contribution in [-0.4, -0.2) is 51.3 Å². The number of benzene rings is 4. The molecule has 0 spiro atoms. The molecule has 4 aromatic rings. The number of rotatable bonds is 16. The van der Waals surface area contributed by atoms with E-state index in [0.29, 0.717) is 52.1 Å². The first-order valence-corrected chi connectivity index (χ1v) is 18.2. The molecule has 1 heterocycles. The van der Waals surface area contributed by atoms with Gasteiger partial charge in [0.1, 0.15) is 18.0 Å². The molecule has 11 heteroatoms. The van der Waals surface area contributed by atoms with Gasteiger partial charge in [-0.25, -0.2) is 4.39 Å². The summed E-state index contributed by atoms with van der Waals surface area (Å²) in [5.41, 5.74) is 3.32. The van der Waals surface area contributed by atoms with Gasteiger partial charge in [-0.15, -0.1) is 12.4 Å². The Bertz CT molecular complexity index is 1800. The third kappa shape index (κ3) is 11.7. The lowest BCUT2D eigenvalue weighted by atomic mass is 9.94. The molecule has 0 bridgehead atoms. The van der Waals surface area contributed by atoms with E-state index in [4.69, 9.17) is 25.8 Å². The summed E-state index contributed by atoms with van der Waals surface area (Å²) in [6.07, 6.45) is 0.598. The lowest BCUT2D eigenvalue weighted by molar-refractivity contribution is -0.138. The molecule has 0 fully saturated rings.